The number of allylic oxidation sites excluding steroid dienone is 2. The largest absolute Gasteiger partial charge is 0.386 e. The molecule has 2 rings (SSSR count). The van der Waals surface area contributed by atoms with Gasteiger partial charge < -0.3 is 10.4 Å². The number of nitrogens with one attached hydrogen (secondary N) is 1. The van der Waals surface area contributed by atoms with Gasteiger partial charge in [0.25, 0.3) is 0 Å². The van der Waals surface area contributed by atoms with E-state index in [0.29, 0.717) is 4.34 Å². The summed E-state index contributed by atoms with van der Waals surface area (Å²) in [6, 6.07) is 3.53. The number of carbonyl (C=O) groups excluding carboxylic acids is 1. The Morgan fingerprint density at radius 1 is 1.56 bits per heavy atom. The van der Waals surface area contributed by atoms with E-state index in [1.807, 2.05) is 6.08 Å². The Labute approximate surface area is 115 Å². The fourth-order valence-corrected chi connectivity index (χ4v) is 3.03. The minimum Gasteiger partial charge on any atom is -0.386 e. The second-order valence-corrected chi connectivity index (χ2v) is 6.13. The van der Waals surface area contributed by atoms with Crippen LogP contribution in [0.15, 0.2) is 24.3 Å². The molecule has 0 bridgehead atoms. The van der Waals surface area contributed by atoms with E-state index in [2.05, 4.69) is 11.4 Å². The number of thiophene rings is 1. The maximum atomic E-state index is 11.9. The van der Waals surface area contributed by atoms with Crippen molar-refractivity contribution in [3.8, 4) is 0 Å². The number of halogens is 1. The van der Waals surface area contributed by atoms with Crippen LogP contribution in [0, 0.1) is 5.92 Å². The summed E-state index contributed by atoms with van der Waals surface area (Å²) in [5.74, 6) is 0.0789. The van der Waals surface area contributed by atoms with E-state index in [1.54, 1.807) is 12.1 Å². The summed E-state index contributed by atoms with van der Waals surface area (Å²) in [5.41, 5.74) is 0. The summed E-state index contributed by atoms with van der Waals surface area (Å²) in [5, 5.41) is 12.7. The van der Waals surface area contributed by atoms with Crippen molar-refractivity contribution in [2.75, 3.05) is 6.54 Å². The molecule has 3 nitrogen and oxygen atoms in total. The van der Waals surface area contributed by atoms with Crippen LogP contribution < -0.4 is 5.32 Å². The summed E-state index contributed by atoms with van der Waals surface area (Å²) < 4.78 is 0.646. The number of rotatable bonds is 4. The predicted octanol–water partition coefficient (Wildman–Crippen LogP) is 2.91. The number of aliphatic hydroxyl groups excluding tert-OH is 1. The van der Waals surface area contributed by atoms with E-state index in [9.17, 15) is 9.90 Å². The van der Waals surface area contributed by atoms with Crippen LogP contribution in [0.5, 0.6) is 0 Å². The maximum Gasteiger partial charge on any atom is 0.223 e. The van der Waals surface area contributed by atoms with Crippen LogP contribution in [-0.2, 0) is 4.79 Å². The SMILES string of the molecule is O=C(NC[C@H](O)c1ccc(Cl)s1)[C@@H]1CC=CCC1. The summed E-state index contributed by atoms with van der Waals surface area (Å²) in [4.78, 5) is 12.6. The molecule has 2 atom stereocenters. The van der Waals surface area contributed by atoms with Crippen molar-refractivity contribution in [3.05, 3.63) is 33.5 Å². The average molecular weight is 286 g/mol. The van der Waals surface area contributed by atoms with Crippen molar-refractivity contribution < 1.29 is 9.90 Å². The van der Waals surface area contributed by atoms with Crippen LogP contribution in [0.1, 0.15) is 30.2 Å². The lowest BCUT2D eigenvalue weighted by molar-refractivity contribution is -0.125. The summed E-state index contributed by atoms with van der Waals surface area (Å²) >= 11 is 7.14. The molecule has 1 aromatic heterocycles. The molecule has 2 N–H and O–H groups in total. The molecule has 18 heavy (non-hydrogen) atoms. The Bertz CT molecular complexity index is 444. The Balaban J connectivity index is 1.80. The third-order valence-corrected chi connectivity index (χ3v) is 4.36. The molecule has 0 saturated carbocycles. The fraction of sp³-hybridized carbons (Fsp3) is 0.462. The summed E-state index contributed by atoms with van der Waals surface area (Å²) in [7, 11) is 0. The second kappa shape index (κ2) is 6.36. The second-order valence-electron chi connectivity index (χ2n) is 4.38. The Hall–Kier alpha value is -0.840. The third kappa shape index (κ3) is 3.57. The molecule has 0 fully saturated rings. The van der Waals surface area contributed by atoms with E-state index in [1.165, 1.54) is 11.3 Å². The minimum absolute atomic E-state index is 0.0288. The monoisotopic (exact) mass is 285 g/mol. The molecule has 5 heteroatoms. The van der Waals surface area contributed by atoms with E-state index in [0.717, 1.165) is 24.1 Å². The normalized spacial score (nSPS) is 20.7. The average Bonchev–Trinajstić information content (AvgIpc) is 2.83. The Morgan fingerprint density at radius 3 is 3.00 bits per heavy atom. The lowest BCUT2D eigenvalue weighted by atomic mass is 9.93. The molecule has 0 saturated heterocycles. The van der Waals surface area contributed by atoms with Crippen molar-refractivity contribution in [1.29, 1.82) is 0 Å². The van der Waals surface area contributed by atoms with Gasteiger partial charge in [0.1, 0.15) is 6.10 Å². The van der Waals surface area contributed by atoms with E-state index in [4.69, 9.17) is 11.6 Å². The molecule has 98 valence electrons. The molecule has 0 spiro atoms. The number of amides is 1. The molecular weight excluding hydrogens is 270 g/mol. The predicted molar refractivity (Wildman–Crippen MR) is 73.8 cm³/mol. The van der Waals surface area contributed by atoms with E-state index in [-0.39, 0.29) is 18.4 Å². The van der Waals surface area contributed by atoms with Crippen molar-refractivity contribution in [2.45, 2.75) is 25.4 Å². The van der Waals surface area contributed by atoms with Gasteiger partial charge in [-0.1, -0.05) is 23.8 Å². The van der Waals surface area contributed by atoms with Gasteiger partial charge in [-0.25, -0.2) is 0 Å². The highest BCUT2D eigenvalue weighted by molar-refractivity contribution is 7.16. The zero-order chi connectivity index (χ0) is 13.0. The highest BCUT2D eigenvalue weighted by atomic mass is 35.5. The highest BCUT2D eigenvalue weighted by Crippen LogP contribution is 2.26. The van der Waals surface area contributed by atoms with Gasteiger partial charge in [0.15, 0.2) is 0 Å². The van der Waals surface area contributed by atoms with Crippen LogP contribution in [0.4, 0.5) is 0 Å². The fourth-order valence-electron chi connectivity index (χ4n) is 1.98. The molecule has 0 aliphatic heterocycles. The van der Waals surface area contributed by atoms with Crippen LogP contribution in [0.25, 0.3) is 0 Å². The van der Waals surface area contributed by atoms with Gasteiger partial charge in [0.05, 0.1) is 4.34 Å². The lowest BCUT2D eigenvalue weighted by Crippen LogP contribution is -2.34. The summed E-state index contributed by atoms with van der Waals surface area (Å²) in [6.07, 6.45) is 6.12. The molecule has 0 aromatic carbocycles. The summed E-state index contributed by atoms with van der Waals surface area (Å²) in [6.45, 7) is 0.246. The standard InChI is InChI=1S/C13H16ClNO2S/c14-12-7-6-11(18-12)10(16)8-15-13(17)9-4-2-1-3-5-9/h1-2,6-7,9-10,16H,3-5,8H2,(H,15,17)/t9-,10+/m1/s1. The molecule has 1 aliphatic rings. The first-order valence-electron chi connectivity index (χ1n) is 6.03. The van der Waals surface area contributed by atoms with Crippen molar-refractivity contribution in [3.63, 3.8) is 0 Å². The molecule has 0 radical (unpaired) electrons. The first-order valence-corrected chi connectivity index (χ1v) is 7.22. The van der Waals surface area contributed by atoms with Gasteiger partial charge in [-0.2, -0.15) is 0 Å². The molecule has 1 aromatic rings. The number of aliphatic hydroxyl groups is 1. The molecular formula is C13H16ClNO2S. The van der Waals surface area contributed by atoms with Crippen LogP contribution in [-0.4, -0.2) is 17.6 Å². The Morgan fingerprint density at radius 2 is 2.39 bits per heavy atom. The van der Waals surface area contributed by atoms with E-state index < -0.39 is 6.10 Å². The molecule has 0 unspecified atom stereocenters. The maximum absolute atomic E-state index is 11.9. The van der Waals surface area contributed by atoms with Crippen LogP contribution >= 0.6 is 22.9 Å². The minimum atomic E-state index is -0.675. The third-order valence-electron chi connectivity index (χ3n) is 3.03. The number of carbonyl (C=O) groups is 1. The first-order chi connectivity index (χ1) is 8.66. The van der Waals surface area contributed by atoms with Crippen molar-refractivity contribution in [2.24, 2.45) is 5.92 Å². The van der Waals surface area contributed by atoms with E-state index >= 15 is 0 Å². The molecule has 1 aliphatic carbocycles. The van der Waals surface area contributed by atoms with Crippen molar-refractivity contribution >= 4 is 28.8 Å². The zero-order valence-electron chi connectivity index (χ0n) is 9.93. The zero-order valence-corrected chi connectivity index (χ0v) is 11.5. The van der Waals surface area contributed by atoms with Gasteiger partial charge in [-0.3, -0.25) is 4.79 Å². The number of hydrogen-bond donors (Lipinski definition) is 2. The Kier molecular flexibility index (Phi) is 4.80. The van der Waals surface area contributed by atoms with Gasteiger partial charge in [-0.15, -0.1) is 11.3 Å². The first kappa shape index (κ1) is 13.6. The van der Waals surface area contributed by atoms with Gasteiger partial charge in [-0.05, 0) is 31.4 Å². The van der Waals surface area contributed by atoms with Crippen LogP contribution in [0.3, 0.4) is 0 Å². The smallest absolute Gasteiger partial charge is 0.223 e. The lowest BCUT2D eigenvalue weighted by Gasteiger charge is -2.18. The topological polar surface area (TPSA) is 49.3 Å². The highest BCUT2D eigenvalue weighted by Gasteiger charge is 2.19. The molecule has 1 amide bonds. The number of hydrogen-bond acceptors (Lipinski definition) is 3. The van der Waals surface area contributed by atoms with Gasteiger partial charge >= 0.3 is 0 Å². The van der Waals surface area contributed by atoms with Gasteiger partial charge in [0.2, 0.25) is 5.91 Å². The molecule has 1 heterocycles. The quantitative estimate of drug-likeness (QED) is 0.836. The van der Waals surface area contributed by atoms with Gasteiger partial charge in [0, 0.05) is 17.3 Å². The van der Waals surface area contributed by atoms with Crippen LogP contribution in [0.2, 0.25) is 4.34 Å². The van der Waals surface area contributed by atoms with Crippen molar-refractivity contribution in [1.82, 2.24) is 5.32 Å².